The Kier molecular flexibility index (Phi) is 2.10. The first-order chi connectivity index (χ1) is 6.50. The summed E-state index contributed by atoms with van der Waals surface area (Å²) in [4.78, 5) is 2.49. The zero-order chi connectivity index (χ0) is 10.3. The van der Waals surface area contributed by atoms with Gasteiger partial charge in [-0.15, -0.1) is 5.10 Å². The van der Waals surface area contributed by atoms with Crippen LogP contribution in [0.5, 0.6) is 0 Å². The molecule has 14 heavy (non-hydrogen) atoms. The van der Waals surface area contributed by atoms with Gasteiger partial charge in [0, 0.05) is 12.1 Å². The van der Waals surface area contributed by atoms with Crippen molar-refractivity contribution in [1.82, 2.24) is 19.9 Å². The summed E-state index contributed by atoms with van der Waals surface area (Å²) in [5.74, 6) is 0. The van der Waals surface area contributed by atoms with Crippen molar-refractivity contribution in [3.8, 4) is 0 Å². The zero-order valence-corrected chi connectivity index (χ0v) is 9.36. The Morgan fingerprint density at radius 3 is 2.71 bits per heavy atom. The molecule has 0 amide bonds. The maximum Gasteiger partial charge on any atom is 0.0756 e. The molecule has 4 nitrogen and oxygen atoms in total. The van der Waals surface area contributed by atoms with E-state index in [9.17, 15) is 0 Å². The van der Waals surface area contributed by atoms with Crippen LogP contribution in [0.1, 0.15) is 39.4 Å². The van der Waals surface area contributed by atoms with Gasteiger partial charge in [-0.05, 0) is 27.7 Å². The quantitative estimate of drug-likeness (QED) is 0.627. The van der Waals surface area contributed by atoms with Crippen LogP contribution in [0.2, 0.25) is 0 Å². The monoisotopic (exact) mass is 194 g/mol. The molecule has 0 bridgehead atoms. The van der Waals surface area contributed by atoms with Crippen LogP contribution in [-0.2, 0) is 6.54 Å². The summed E-state index contributed by atoms with van der Waals surface area (Å²) in [6, 6.07) is 0.416. The number of hydrogen-bond donors (Lipinski definition) is 0. The Hall–Kier alpha value is -0.900. The van der Waals surface area contributed by atoms with Crippen LogP contribution in [0.15, 0.2) is 6.20 Å². The highest BCUT2D eigenvalue weighted by Gasteiger charge is 2.32. The fourth-order valence-electron chi connectivity index (χ4n) is 2.24. The summed E-state index contributed by atoms with van der Waals surface area (Å²) in [6.45, 7) is 11.0. The molecule has 1 aliphatic heterocycles. The SMILES string of the molecule is CC1c2cnnn2CCN1C(C)(C)C. The van der Waals surface area contributed by atoms with Crippen molar-refractivity contribution >= 4 is 0 Å². The van der Waals surface area contributed by atoms with Crippen LogP contribution >= 0.6 is 0 Å². The lowest BCUT2D eigenvalue weighted by Gasteiger charge is -2.42. The first kappa shape index (κ1) is 9.65. The molecule has 4 heteroatoms. The molecule has 2 rings (SSSR count). The smallest absolute Gasteiger partial charge is 0.0756 e. The van der Waals surface area contributed by atoms with Crippen molar-refractivity contribution in [2.75, 3.05) is 6.54 Å². The second kappa shape index (κ2) is 3.05. The van der Waals surface area contributed by atoms with E-state index in [1.54, 1.807) is 0 Å². The highest BCUT2D eigenvalue weighted by atomic mass is 15.5. The van der Waals surface area contributed by atoms with Gasteiger partial charge in [0.1, 0.15) is 0 Å². The normalized spacial score (nSPS) is 23.6. The Bertz CT molecular complexity index is 323. The number of hydrogen-bond acceptors (Lipinski definition) is 3. The van der Waals surface area contributed by atoms with Gasteiger partial charge in [-0.25, -0.2) is 4.68 Å². The maximum absolute atomic E-state index is 4.06. The molecule has 0 fully saturated rings. The number of aromatic nitrogens is 3. The topological polar surface area (TPSA) is 34.0 Å². The van der Waals surface area contributed by atoms with Crippen LogP contribution in [0, 0.1) is 0 Å². The summed E-state index contributed by atoms with van der Waals surface area (Å²) in [5, 5.41) is 8.02. The van der Waals surface area contributed by atoms with E-state index in [1.165, 1.54) is 5.69 Å². The van der Waals surface area contributed by atoms with Crippen LogP contribution in [0.4, 0.5) is 0 Å². The molecule has 0 saturated heterocycles. The second-order valence-corrected chi connectivity index (χ2v) is 4.92. The van der Waals surface area contributed by atoms with Crippen molar-refractivity contribution < 1.29 is 0 Å². The lowest BCUT2D eigenvalue weighted by molar-refractivity contribution is 0.0614. The van der Waals surface area contributed by atoms with Crippen molar-refractivity contribution in [3.63, 3.8) is 0 Å². The standard InChI is InChI=1S/C10H18N4/c1-8-9-7-11-12-14(9)6-5-13(8)10(2,3)4/h7-8H,5-6H2,1-4H3. The maximum atomic E-state index is 4.06. The van der Waals surface area contributed by atoms with Crippen LogP contribution < -0.4 is 0 Å². The fourth-order valence-corrected chi connectivity index (χ4v) is 2.24. The third kappa shape index (κ3) is 1.43. The van der Waals surface area contributed by atoms with Crippen molar-refractivity contribution in [2.24, 2.45) is 0 Å². The van der Waals surface area contributed by atoms with E-state index in [1.807, 2.05) is 10.9 Å². The third-order valence-electron chi connectivity index (χ3n) is 2.96. The molecule has 1 aliphatic rings. The molecular formula is C10H18N4. The molecule has 1 atom stereocenters. The summed E-state index contributed by atoms with van der Waals surface area (Å²) < 4.78 is 2.01. The van der Waals surface area contributed by atoms with E-state index in [0.717, 1.165) is 13.1 Å². The molecule has 1 aromatic heterocycles. The summed E-state index contributed by atoms with van der Waals surface area (Å²) >= 11 is 0. The van der Waals surface area contributed by atoms with Gasteiger partial charge in [0.25, 0.3) is 0 Å². The highest BCUT2D eigenvalue weighted by Crippen LogP contribution is 2.29. The highest BCUT2D eigenvalue weighted by molar-refractivity contribution is 5.05. The Labute approximate surface area is 84.9 Å². The van der Waals surface area contributed by atoms with Gasteiger partial charge in [0.05, 0.1) is 24.5 Å². The van der Waals surface area contributed by atoms with Crippen LogP contribution in [0.3, 0.4) is 0 Å². The van der Waals surface area contributed by atoms with E-state index >= 15 is 0 Å². The molecule has 0 aromatic carbocycles. The minimum absolute atomic E-state index is 0.217. The molecule has 0 aliphatic carbocycles. The first-order valence-electron chi connectivity index (χ1n) is 5.15. The molecule has 2 heterocycles. The van der Waals surface area contributed by atoms with Gasteiger partial charge in [0.2, 0.25) is 0 Å². The van der Waals surface area contributed by atoms with E-state index in [0.29, 0.717) is 6.04 Å². The average molecular weight is 194 g/mol. The molecule has 0 radical (unpaired) electrons. The van der Waals surface area contributed by atoms with E-state index in [2.05, 4.69) is 42.9 Å². The number of rotatable bonds is 0. The van der Waals surface area contributed by atoms with Gasteiger partial charge in [-0.3, -0.25) is 4.90 Å². The van der Waals surface area contributed by atoms with Crippen LogP contribution in [-0.4, -0.2) is 32.0 Å². The molecule has 0 spiro atoms. The Balaban J connectivity index is 2.30. The van der Waals surface area contributed by atoms with Gasteiger partial charge in [-0.1, -0.05) is 5.21 Å². The van der Waals surface area contributed by atoms with Crippen molar-refractivity contribution in [1.29, 1.82) is 0 Å². The minimum Gasteiger partial charge on any atom is -0.288 e. The molecule has 0 saturated carbocycles. The Morgan fingerprint density at radius 2 is 2.07 bits per heavy atom. The Morgan fingerprint density at radius 1 is 1.36 bits per heavy atom. The van der Waals surface area contributed by atoms with Crippen molar-refractivity contribution in [3.05, 3.63) is 11.9 Å². The van der Waals surface area contributed by atoms with Gasteiger partial charge >= 0.3 is 0 Å². The summed E-state index contributed by atoms with van der Waals surface area (Å²) in [5.41, 5.74) is 1.45. The predicted molar refractivity (Wildman–Crippen MR) is 54.9 cm³/mol. The number of fused-ring (bicyclic) bond motifs is 1. The molecule has 1 aromatic rings. The van der Waals surface area contributed by atoms with E-state index < -0.39 is 0 Å². The van der Waals surface area contributed by atoms with E-state index in [-0.39, 0.29) is 5.54 Å². The molecular weight excluding hydrogens is 176 g/mol. The van der Waals surface area contributed by atoms with Gasteiger partial charge in [-0.2, -0.15) is 0 Å². The predicted octanol–water partition coefficient (Wildman–Crippen LogP) is 1.45. The average Bonchev–Trinajstić information content (AvgIpc) is 2.50. The summed E-state index contributed by atoms with van der Waals surface area (Å²) in [6.07, 6.45) is 1.88. The molecule has 0 N–H and O–H groups in total. The first-order valence-corrected chi connectivity index (χ1v) is 5.15. The minimum atomic E-state index is 0.217. The lowest BCUT2D eigenvalue weighted by Crippen LogP contribution is -2.48. The zero-order valence-electron chi connectivity index (χ0n) is 9.36. The van der Waals surface area contributed by atoms with Crippen molar-refractivity contribution in [2.45, 2.75) is 45.8 Å². The number of nitrogens with zero attached hydrogens (tertiary/aromatic N) is 4. The molecule has 78 valence electrons. The summed E-state index contributed by atoms with van der Waals surface area (Å²) in [7, 11) is 0. The fraction of sp³-hybridized carbons (Fsp3) is 0.800. The largest absolute Gasteiger partial charge is 0.288 e. The molecule has 1 unspecified atom stereocenters. The van der Waals surface area contributed by atoms with E-state index in [4.69, 9.17) is 0 Å². The lowest BCUT2D eigenvalue weighted by atomic mass is 10.0. The van der Waals surface area contributed by atoms with Gasteiger partial charge < -0.3 is 0 Å². The second-order valence-electron chi connectivity index (χ2n) is 4.92. The van der Waals surface area contributed by atoms with Gasteiger partial charge in [0.15, 0.2) is 0 Å². The van der Waals surface area contributed by atoms with Crippen LogP contribution in [0.25, 0.3) is 0 Å². The third-order valence-corrected chi connectivity index (χ3v) is 2.96.